The summed E-state index contributed by atoms with van der Waals surface area (Å²) in [5, 5.41) is 7.64. The molecule has 0 saturated carbocycles. The molecule has 0 aliphatic carbocycles. The van der Waals surface area contributed by atoms with Gasteiger partial charge in [0.15, 0.2) is 6.29 Å². The highest BCUT2D eigenvalue weighted by atomic mass is 79.9. The van der Waals surface area contributed by atoms with Crippen molar-refractivity contribution in [3.05, 3.63) is 12.3 Å². The monoisotopic (exact) mass is 330 g/mol. The SMILES string of the molecule is C#CCO.C#CCOC1OCCC1Br.C1=COCC1. The lowest BCUT2D eigenvalue weighted by atomic mass is 10.4. The third kappa shape index (κ3) is 10.6. The molecule has 4 nitrogen and oxygen atoms in total. The average molecular weight is 331 g/mol. The van der Waals surface area contributed by atoms with Gasteiger partial charge in [-0.1, -0.05) is 27.8 Å². The van der Waals surface area contributed by atoms with E-state index in [4.69, 9.17) is 25.7 Å². The van der Waals surface area contributed by atoms with Gasteiger partial charge in [0.2, 0.25) is 0 Å². The van der Waals surface area contributed by atoms with Gasteiger partial charge in [0.1, 0.15) is 13.2 Å². The van der Waals surface area contributed by atoms with E-state index in [-0.39, 0.29) is 12.9 Å². The van der Waals surface area contributed by atoms with E-state index in [0.717, 1.165) is 26.1 Å². The molecular weight excluding hydrogens is 312 g/mol. The van der Waals surface area contributed by atoms with Gasteiger partial charge in [0, 0.05) is 6.42 Å². The molecule has 106 valence electrons. The van der Waals surface area contributed by atoms with Gasteiger partial charge in [-0.25, -0.2) is 0 Å². The summed E-state index contributed by atoms with van der Waals surface area (Å²) >= 11 is 3.42. The van der Waals surface area contributed by atoms with Crippen molar-refractivity contribution < 1.29 is 19.3 Å². The summed E-state index contributed by atoms with van der Waals surface area (Å²) in [6.07, 6.45) is 15.2. The maximum Gasteiger partial charge on any atom is 0.171 e. The number of halogens is 1. The molecule has 2 rings (SSSR count). The minimum absolute atomic E-state index is 0.143. The summed E-state index contributed by atoms with van der Waals surface area (Å²) in [7, 11) is 0. The molecule has 2 atom stereocenters. The normalized spacial score (nSPS) is 22.9. The van der Waals surface area contributed by atoms with E-state index in [2.05, 4.69) is 28.3 Å². The molecule has 0 bridgehead atoms. The second-order valence-electron chi connectivity index (χ2n) is 3.45. The highest BCUT2D eigenvalue weighted by Crippen LogP contribution is 2.21. The molecule has 0 radical (unpaired) electrons. The van der Waals surface area contributed by atoms with Crippen molar-refractivity contribution in [1.29, 1.82) is 0 Å². The molecule has 1 N–H and O–H groups in total. The van der Waals surface area contributed by atoms with Crippen LogP contribution in [-0.4, -0.2) is 42.7 Å². The quantitative estimate of drug-likeness (QED) is 0.618. The lowest BCUT2D eigenvalue weighted by Gasteiger charge is -2.11. The number of hydrogen-bond acceptors (Lipinski definition) is 4. The summed E-state index contributed by atoms with van der Waals surface area (Å²) in [6.45, 7) is 1.82. The molecule has 2 heterocycles. The van der Waals surface area contributed by atoms with E-state index in [0.29, 0.717) is 11.4 Å². The predicted octanol–water partition coefficient (Wildman–Crippen LogP) is 1.68. The van der Waals surface area contributed by atoms with Crippen LogP contribution in [0.3, 0.4) is 0 Å². The molecule has 2 aliphatic heterocycles. The Morgan fingerprint density at radius 2 is 2.11 bits per heavy atom. The third-order valence-corrected chi connectivity index (χ3v) is 2.88. The Hall–Kier alpha value is -0.980. The topological polar surface area (TPSA) is 47.9 Å². The van der Waals surface area contributed by atoms with Crippen LogP contribution in [0.25, 0.3) is 0 Å². The van der Waals surface area contributed by atoms with Crippen molar-refractivity contribution in [2.75, 3.05) is 26.4 Å². The zero-order valence-corrected chi connectivity index (χ0v) is 12.3. The Kier molecular flexibility index (Phi) is 12.8. The second kappa shape index (κ2) is 13.5. The number of rotatable bonds is 2. The summed E-state index contributed by atoms with van der Waals surface area (Å²) < 4.78 is 15.1. The molecule has 1 fully saturated rings. The fourth-order valence-electron chi connectivity index (χ4n) is 1.16. The highest BCUT2D eigenvalue weighted by Gasteiger charge is 2.25. The van der Waals surface area contributed by atoms with Crippen molar-refractivity contribution in [3.8, 4) is 24.7 Å². The van der Waals surface area contributed by atoms with Gasteiger partial charge in [-0.05, 0) is 12.5 Å². The fourth-order valence-corrected chi connectivity index (χ4v) is 1.65. The van der Waals surface area contributed by atoms with Crippen LogP contribution < -0.4 is 0 Å². The number of aliphatic hydroxyl groups excluding tert-OH is 1. The second-order valence-corrected chi connectivity index (χ2v) is 4.63. The highest BCUT2D eigenvalue weighted by molar-refractivity contribution is 9.09. The zero-order valence-electron chi connectivity index (χ0n) is 10.8. The van der Waals surface area contributed by atoms with Crippen molar-refractivity contribution in [3.63, 3.8) is 0 Å². The average Bonchev–Trinajstić information content (AvgIpc) is 3.11. The Labute approximate surface area is 123 Å². The van der Waals surface area contributed by atoms with Gasteiger partial charge >= 0.3 is 0 Å². The number of hydrogen-bond donors (Lipinski definition) is 1. The molecular formula is C14H19BrO4. The van der Waals surface area contributed by atoms with E-state index < -0.39 is 0 Å². The van der Waals surface area contributed by atoms with Crippen LogP contribution >= 0.6 is 15.9 Å². The predicted molar refractivity (Wildman–Crippen MR) is 77.5 cm³/mol. The molecule has 0 spiro atoms. The van der Waals surface area contributed by atoms with E-state index in [1.54, 1.807) is 6.26 Å². The van der Waals surface area contributed by atoms with E-state index >= 15 is 0 Å². The fraction of sp³-hybridized carbons (Fsp3) is 0.571. The van der Waals surface area contributed by atoms with Crippen LogP contribution in [0.2, 0.25) is 0 Å². The van der Waals surface area contributed by atoms with Crippen molar-refractivity contribution in [2.45, 2.75) is 24.0 Å². The zero-order chi connectivity index (χ0) is 14.3. The molecule has 5 heteroatoms. The molecule has 0 aromatic carbocycles. The Bertz CT molecular complexity index is 310. The van der Waals surface area contributed by atoms with Gasteiger partial charge < -0.3 is 19.3 Å². The Balaban J connectivity index is 0.000000300. The van der Waals surface area contributed by atoms with Gasteiger partial charge in [-0.15, -0.1) is 12.8 Å². The molecule has 0 amide bonds. The first-order chi connectivity index (χ1) is 9.26. The molecule has 2 aliphatic rings. The maximum absolute atomic E-state index is 7.64. The third-order valence-electron chi connectivity index (χ3n) is 1.99. The van der Waals surface area contributed by atoms with Crippen LogP contribution in [0.15, 0.2) is 12.3 Å². The number of ether oxygens (including phenoxy) is 3. The number of terminal acetylenes is 2. The minimum Gasteiger partial charge on any atom is -0.501 e. The van der Waals surface area contributed by atoms with Crippen LogP contribution in [0.4, 0.5) is 0 Å². The van der Waals surface area contributed by atoms with Gasteiger partial charge in [-0.3, -0.25) is 0 Å². The minimum atomic E-state index is -0.153. The largest absolute Gasteiger partial charge is 0.501 e. The smallest absolute Gasteiger partial charge is 0.171 e. The van der Waals surface area contributed by atoms with E-state index in [1.165, 1.54) is 0 Å². The van der Waals surface area contributed by atoms with E-state index in [1.807, 2.05) is 12.0 Å². The maximum atomic E-state index is 7.64. The Morgan fingerprint density at radius 3 is 2.42 bits per heavy atom. The summed E-state index contributed by atoms with van der Waals surface area (Å²) in [5.74, 6) is 4.38. The summed E-state index contributed by atoms with van der Waals surface area (Å²) in [5.41, 5.74) is 0. The van der Waals surface area contributed by atoms with Crippen LogP contribution in [-0.2, 0) is 14.2 Å². The molecule has 0 aromatic heterocycles. The standard InChI is InChI=1S/C7H9BrO2.C4H6O.C3H4O/c1-2-4-9-7-6(8)3-5-10-7;1-2-4-5-3-1;1-2-3-4/h1,6-7H,3-5H2;1,3H,2,4H2;1,4H,3H2. The number of alkyl halides is 1. The lowest BCUT2D eigenvalue weighted by molar-refractivity contribution is -0.0961. The van der Waals surface area contributed by atoms with Gasteiger partial charge in [0.05, 0.1) is 24.3 Å². The number of aliphatic hydroxyl groups is 1. The van der Waals surface area contributed by atoms with Crippen LogP contribution in [0.5, 0.6) is 0 Å². The first-order valence-electron chi connectivity index (χ1n) is 5.88. The van der Waals surface area contributed by atoms with Crippen LogP contribution in [0.1, 0.15) is 12.8 Å². The van der Waals surface area contributed by atoms with Crippen molar-refractivity contribution in [2.24, 2.45) is 0 Å². The first-order valence-corrected chi connectivity index (χ1v) is 6.79. The summed E-state index contributed by atoms with van der Waals surface area (Å²) in [4.78, 5) is 0.306. The van der Waals surface area contributed by atoms with E-state index in [9.17, 15) is 0 Å². The van der Waals surface area contributed by atoms with Crippen molar-refractivity contribution in [1.82, 2.24) is 0 Å². The molecule has 2 unspecified atom stereocenters. The van der Waals surface area contributed by atoms with Crippen LogP contribution in [0, 0.1) is 24.7 Å². The van der Waals surface area contributed by atoms with Crippen molar-refractivity contribution >= 4 is 15.9 Å². The lowest BCUT2D eigenvalue weighted by Crippen LogP contribution is -2.19. The van der Waals surface area contributed by atoms with Gasteiger partial charge in [-0.2, -0.15) is 0 Å². The molecule has 1 saturated heterocycles. The molecule has 19 heavy (non-hydrogen) atoms. The molecule has 0 aromatic rings. The van der Waals surface area contributed by atoms with Gasteiger partial charge in [0.25, 0.3) is 0 Å². The Morgan fingerprint density at radius 1 is 1.37 bits per heavy atom. The summed E-state index contributed by atoms with van der Waals surface area (Å²) in [6, 6.07) is 0. The first kappa shape index (κ1) is 18.0.